The van der Waals surface area contributed by atoms with Crippen molar-refractivity contribution in [1.82, 2.24) is 5.32 Å². The van der Waals surface area contributed by atoms with Crippen LogP contribution < -0.4 is 25.8 Å². The third-order valence-electron chi connectivity index (χ3n) is 5.14. The molecule has 0 aromatic heterocycles. The Labute approximate surface area is 197 Å². The van der Waals surface area contributed by atoms with E-state index in [1.54, 1.807) is 72.8 Å². The predicted molar refractivity (Wildman–Crippen MR) is 128 cm³/mol. The normalized spacial score (nSPS) is 12.2. The second-order valence-corrected chi connectivity index (χ2v) is 7.40. The monoisotopic (exact) mass is 462 g/mol. The Morgan fingerprint density at radius 2 is 1.47 bits per heavy atom. The summed E-state index contributed by atoms with van der Waals surface area (Å²) in [5.41, 5.74) is 7.56. The van der Waals surface area contributed by atoms with Gasteiger partial charge in [-0.05, 0) is 47.5 Å². The first kappa shape index (κ1) is 24.1. The highest BCUT2D eigenvalue weighted by atomic mass is 16.5. The predicted octanol–water partition coefficient (Wildman–Crippen LogP) is 3.08. The number of benzene rings is 3. The molecule has 0 aliphatic carbocycles. The molecule has 9 nitrogen and oxygen atoms in total. The van der Waals surface area contributed by atoms with Crippen molar-refractivity contribution in [3.05, 3.63) is 89.5 Å². The number of hydrogen-bond acceptors (Lipinski definition) is 6. The van der Waals surface area contributed by atoms with Crippen LogP contribution in [0.4, 0.5) is 5.69 Å². The molecule has 0 fully saturated rings. The van der Waals surface area contributed by atoms with E-state index in [2.05, 4.69) is 10.6 Å². The van der Waals surface area contributed by atoms with Gasteiger partial charge < -0.3 is 30.9 Å². The molecule has 176 valence electrons. The first-order valence-corrected chi connectivity index (χ1v) is 10.3. The number of carbonyl (C=O) groups is 2. The van der Waals surface area contributed by atoms with E-state index in [0.29, 0.717) is 33.9 Å². The van der Waals surface area contributed by atoms with Crippen molar-refractivity contribution in [2.45, 2.75) is 12.1 Å². The molecule has 3 aromatic carbocycles. The minimum atomic E-state index is -1.24. The molecule has 0 saturated heterocycles. The van der Waals surface area contributed by atoms with Gasteiger partial charge in [0, 0.05) is 17.3 Å². The Morgan fingerprint density at radius 1 is 0.882 bits per heavy atom. The van der Waals surface area contributed by atoms with Crippen molar-refractivity contribution in [3.8, 4) is 11.5 Å². The molecule has 2 atom stereocenters. The topological polar surface area (TPSA) is 147 Å². The third-order valence-corrected chi connectivity index (χ3v) is 5.14. The summed E-state index contributed by atoms with van der Waals surface area (Å²) in [6.45, 7) is 0. The highest BCUT2D eigenvalue weighted by molar-refractivity contribution is 5.95. The number of aliphatic carboxylic acids is 1. The molecule has 3 rings (SSSR count). The lowest BCUT2D eigenvalue weighted by molar-refractivity contribution is -0.142. The van der Waals surface area contributed by atoms with Crippen LogP contribution in [0.3, 0.4) is 0 Å². The summed E-state index contributed by atoms with van der Waals surface area (Å²) in [7, 11) is 2.99. The number of nitrogens with one attached hydrogen (secondary N) is 3. The fourth-order valence-electron chi connectivity index (χ4n) is 3.37. The summed E-state index contributed by atoms with van der Waals surface area (Å²) in [5.74, 6) is -0.891. The van der Waals surface area contributed by atoms with Crippen molar-refractivity contribution in [2.75, 3.05) is 19.5 Å². The summed E-state index contributed by atoms with van der Waals surface area (Å²) in [6.07, 6.45) is 0. The van der Waals surface area contributed by atoms with Gasteiger partial charge in [-0.15, -0.1) is 0 Å². The first-order valence-electron chi connectivity index (χ1n) is 10.3. The molecule has 6 N–H and O–H groups in total. The van der Waals surface area contributed by atoms with Gasteiger partial charge in [0.25, 0.3) is 0 Å². The number of carboxylic acids is 1. The second kappa shape index (κ2) is 10.9. The minimum absolute atomic E-state index is 0.0782. The lowest BCUT2D eigenvalue weighted by Gasteiger charge is -2.24. The van der Waals surface area contributed by atoms with Crippen LogP contribution in [-0.4, -0.2) is 37.0 Å². The van der Waals surface area contributed by atoms with Gasteiger partial charge in [-0.1, -0.05) is 30.3 Å². The van der Waals surface area contributed by atoms with Crippen LogP contribution >= 0.6 is 0 Å². The zero-order chi connectivity index (χ0) is 24.7. The molecule has 0 aliphatic rings. The lowest BCUT2D eigenvalue weighted by atomic mass is 10.0. The maximum absolute atomic E-state index is 13.4. The molecular formula is C25H26N4O5. The largest absolute Gasteiger partial charge is 0.497 e. The summed E-state index contributed by atoms with van der Waals surface area (Å²) in [6, 6.07) is 17.9. The van der Waals surface area contributed by atoms with Gasteiger partial charge in [0.1, 0.15) is 23.4 Å². The van der Waals surface area contributed by atoms with Crippen molar-refractivity contribution >= 4 is 23.4 Å². The van der Waals surface area contributed by atoms with Crippen LogP contribution in [0.15, 0.2) is 72.8 Å². The molecule has 34 heavy (non-hydrogen) atoms. The Hall–Kier alpha value is -4.53. The average Bonchev–Trinajstić information content (AvgIpc) is 2.85. The molecule has 1 amide bonds. The quantitative estimate of drug-likeness (QED) is 0.230. The van der Waals surface area contributed by atoms with Crippen molar-refractivity contribution < 1.29 is 24.2 Å². The zero-order valence-corrected chi connectivity index (χ0v) is 18.7. The van der Waals surface area contributed by atoms with Crippen molar-refractivity contribution in [2.24, 2.45) is 5.73 Å². The fraction of sp³-hybridized carbons (Fsp3) is 0.160. The number of amidine groups is 1. The number of ether oxygens (including phenoxy) is 2. The van der Waals surface area contributed by atoms with Crippen LogP contribution in [0, 0.1) is 5.41 Å². The number of nitrogen functional groups attached to an aromatic ring is 1. The Balaban J connectivity index is 1.99. The lowest BCUT2D eigenvalue weighted by Crippen LogP contribution is -2.39. The SMILES string of the molecule is COc1cc(OC)cc([C@H](Nc2ccc(C(=N)N)cc2)C(=O)NC(C(=O)O)c2ccccc2)c1. The van der Waals surface area contributed by atoms with Crippen LogP contribution in [-0.2, 0) is 9.59 Å². The summed E-state index contributed by atoms with van der Waals surface area (Å²) >= 11 is 0. The number of amides is 1. The summed E-state index contributed by atoms with van der Waals surface area (Å²) < 4.78 is 10.7. The van der Waals surface area contributed by atoms with Gasteiger partial charge in [0.05, 0.1) is 14.2 Å². The smallest absolute Gasteiger partial charge is 0.330 e. The molecule has 3 aromatic rings. The number of carboxylic acid groups (broad SMARTS) is 1. The number of hydrogen-bond donors (Lipinski definition) is 5. The zero-order valence-electron chi connectivity index (χ0n) is 18.7. The van der Waals surface area contributed by atoms with E-state index in [9.17, 15) is 14.7 Å². The van der Waals surface area contributed by atoms with Crippen LogP contribution in [0.5, 0.6) is 11.5 Å². The first-order chi connectivity index (χ1) is 16.3. The maximum atomic E-state index is 13.4. The molecule has 0 spiro atoms. The van der Waals surface area contributed by atoms with E-state index < -0.39 is 24.0 Å². The Morgan fingerprint density at radius 3 is 1.97 bits per heavy atom. The van der Waals surface area contributed by atoms with Crippen molar-refractivity contribution in [1.29, 1.82) is 5.41 Å². The number of nitrogens with two attached hydrogens (primary N) is 1. The summed E-state index contributed by atoms with van der Waals surface area (Å²) in [4.78, 5) is 25.4. The average molecular weight is 463 g/mol. The molecular weight excluding hydrogens is 436 g/mol. The van der Waals surface area contributed by atoms with Crippen LogP contribution in [0.1, 0.15) is 28.8 Å². The molecule has 9 heteroatoms. The van der Waals surface area contributed by atoms with Gasteiger partial charge in [-0.3, -0.25) is 10.2 Å². The van der Waals surface area contributed by atoms with E-state index in [4.69, 9.17) is 20.6 Å². The van der Waals surface area contributed by atoms with E-state index in [1.165, 1.54) is 14.2 Å². The Kier molecular flexibility index (Phi) is 7.71. The molecule has 0 bridgehead atoms. The van der Waals surface area contributed by atoms with E-state index >= 15 is 0 Å². The molecule has 0 aliphatic heterocycles. The highest BCUT2D eigenvalue weighted by Gasteiger charge is 2.28. The standard InChI is InChI=1S/C25H26N4O5/c1-33-19-12-17(13-20(14-19)34-2)21(28-18-10-8-16(9-11-18)23(26)27)24(30)29-22(25(31)32)15-6-4-3-5-7-15/h3-14,21-22,28H,1-2H3,(H3,26,27)(H,29,30)(H,31,32)/t21-,22?/m0/s1. The number of methoxy groups -OCH3 is 2. The Bertz CT molecular complexity index is 1140. The van der Waals surface area contributed by atoms with E-state index in [0.717, 1.165) is 0 Å². The molecule has 1 unspecified atom stereocenters. The fourth-order valence-corrected chi connectivity index (χ4v) is 3.37. The molecule has 0 radical (unpaired) electrons. The van der Waals surface area contributed by atoms with Crippen LogP contribution in [0.25, 0.3) is 0 Å². The summed E-state index contributed by atoms with van der Waals surface area (Å²) in [5, 5.41) is 23.1. The number of carbonyl (C=O) groups excluding carboxylic acids is 1. The molecule has 0 heterocycles. The van der Waals surface area contributed by atoms with Gasteiger partial charge in [-0.2, -0.15) is 0 Å². The number of rotatable bonds is 10. The van der Waals surface area contributed by atoms with Gasteiger partial charge in [-0.25, -0.2) is 4.79 Å². The minimum Gasteiger partial charge on any atom is -0.497 e. The van der Waals surface area contributed by atoms with Crippen LogP contribution in [0.2, 0.25) is 0 Å². The second-order valence-electron chi connectivity index (χ2n) is 7.40. The maximum Gasteiger partial charge on any atom is 0.330 e. The molecule has 0 saturated carbocycles. The van der Waals surface area contributed by atoms with Crippen molar-refractivity contribution in [3.63, 3.8) is 0 Å². The number of anilines is 1. The van der Waals surface area contributed by atoms with E-state index in [1.807, 2.05) is 0 Å². The van der Waals surface area contributed by atoms with Gasteiger partial charge in [0.2, 0.25) is 5.91 Å². The highest BCUT2D eigenvalue weighted by Crippen LogP contribution is 2.29. The third kappa shape index (κ3) is 5.83. The van der Waals surface area contributed by atoms with Gasteiger partial charge in [0.15, 0.2) is 6.04 Å². The van der Waals surface area contributed by atoms with E-state index in [-0.39, 0.29) is 5.84 Å². The van der Waals surface area contributed by atoms with Gasteiger partial charge >= 0.3 is 5.97 Å².